The summed E-state index contributed by atoms with van der Waals surface area (Å²) in [6.07, 6.45) is 0. The molecular formula is C14H15NO4. The van der Waals surface area contributed by atoms with Gasteiger partial charge in [-0.15, -0.1) is 0 Å². The molecule has 0 spiro atoms. The Labute approximate surface area is 111 Å². The van der Waals surface area contributed by atoms with Gasteiger partial charge in [-0.1, -0.05) is 29.8 Å². The predicted octanol–water partition coefficient (Wildman–Crippen LogP) is 2.20. The smallest absolute Gasteiger partial charge is 0.343 e. The zero-order chi connectivity index (χ0) is 14.6. The first kappa shape index (κ1) is 14.6. The van der Waals surface area contributed by atoms with E-state index < -0.39 is 28.8 Å². The van der Waals surface area contributed by atoms with Crippen molar-refractivity contribution in [1.82, 2.24) is 0 Å². The maximum Gasteiger partial charge on any atom is 0.343 e. The number of rotatable bonds is 4. The van der Waals surface area contributed by atoms with Crippen LogP contribution in [-0.4, -0.2) is 29.7 Å². The minimum absolute atomic E-state index is 0.276. The van der Waals surface area contributed by atoms with Crippen LogP contribution in [0.15, 0.2) is 35.6 Å². The van der Waals surface area contributed by atoms with Crippen LogP contribution in [0.2, 0.25) is 0 Å². The third-order valence-corrected chi connectivity index (χ3v) is 2.54. The van der Waals surface area contributed by atoms with E-state index in [2.05, 4.69) is 4.74 Å². The molecule has 0 atom stereocenters. The summed E-state index contributed by atoms with van der Waals surface area (Å²) in [5.41, 5.74) is 0.243. The molecule has 0 saturated carbocycles. The molecule has 0 saturated heterocycles. The number of Topliss-reactive ketones (excluding diaryl/α,β-unsaturated/α-hetero) is 1. The van der Waals surface area contributed by atoms with Crippen molar-refractivity contribution in [3.8, 4) is 0 Å². The molecule has 0 amide bonds. The average Bonchev–Trinajstić information content (AvgIpc) is 2.38. The predicted molar refractivity (Wildman–Crippen MR) is 70.6 cm³/mol. The molecule has 0 bridgehead atoms. The highest BCUT2D eigenvalue weighted by molar-refractivity contribution is 6.54. The van der Waals surface area contributed by atoms with Gasteiger partial charge in [0.05, 0.1) is 7.11 Å². The fourth-order valence-corrected chi connectivity index (χ4v) is 1.50. The molecular weight excluding hydrogens is 246 g/mol. The summed E-state index contributed by atoms with van der Waals surface area (Å²) in [7, 11) is 1.12. The largest absolute Gasteiger partial charge is 0.512 e. The normalized spacial score (nSPS) is 11.5. The standard InChI is InChI=1S/C14H15NO4/c1-8-4-6-10(7-5-8)13(17)12(15)11(9(2)16)14(18)19-3/h4-7,15-16H,1-3H3/b11-9+,15-12?. The van der Waals surface area contributed by atoms with Crippen LogP contribution in [0.3, 0.4) is 0 Å². The Kier molecular flexibility index (Phi) is 4.58. The van der Waals surface area contributed by atoms with E-state index in [9.17, 15) is 14.7 Å². The van der Waals surface area contributed by atoms with Gasteiger partial charge in [-0.3, -0.25) is 10.2 Å². The Hall–Kier alpha value is -2.43. The number of hydrogen-bond acceptors (Lipinski definition) is 5. The Morgan fingerprint density at radius 3 is 2.16 bits per heavy atom. The molecule has 5 heteroatoms. The van der Waals surface area contributed by atoms with E-state index in [4.69, 9.17) is 5.41 Å². The van der Waals surface area contributed by atoms with Gasteiger partial charge in [0.2, 0.25) is 5.78 Å². The summed E-state index contributed by atoms with van der Waals surface area (Å²) in [6.45, 7) is 3.10. The minimum atomic E-state index is -0.912. The molecule has 1 rings (SSSR count). The van der Waals surface area contributed by atoms with Crippen molar-refractivity contribution in [3.05, 3.63) is 46.7 Å². The molecule has 0 fully saturated rings. The highest BCUT2D eigenvalue weighted by Crippen LogP contribution is 2.12. The van der Waals surface area contributed by atoms with Crippen molar-refractivity contribution in [2.24, 2.45) is 0 Å². The number of allylic oxidation sites excluding steroid dienone is 1. The maximum absolute atomic E-state index is 12.0. The number of hydrogen-bond donors (Lipinski definition) is 2. The molecule has 0 radical (unpaired) electrons. The first-order chi connectivity index (χ1) is 8.88. The first-order valence-corrected chi connectivity index (χ1v) is 5.57. The number of carbonyl (C=O) groups excluding carboxylic acids is 2. The number of esters is 1. The molecule has 0 unspecified atom stereocenters. The summed E-state index contributed by atoms with van der Waals surface area (Å²) >= 11 is 0. The average molecular weight is 261 g/mol. The molecule has 0 heterocycles. The third kappa shape index (κ3) is 3.28. The Balaban J connectivity index is 3.12. The van der Waals surface area contributed by atoms with Crippen molar-refractivity contribution in [1.29, 1.82) is 5.41 Å². The number of aliphatic hydroxyl groups is 1. The second kappa shape index (κ2) is 5.95. The molecule has 0 aromatic heterocycles. The van der Waals surface area contributed by atoms with Crippen molar-refractivity contribution < 1.29 is 19.4 Å². The SMILES string of the molecule is COC(=O)/C(C(=N)C(=O)c1ccc(C)cc1)=C(\C)O. The minimum Gasteiger partial charge on any atom is -0.512 e. The summed E-state index contributed by atoms with van der Waals surface area (Å²) in [5, 5.41) is 17.1. The van der Waals surface area contributed by atoms with E-state index in [1.165, 1.54) is 6.92 Å². The maximum atomic E-state index is 12.0. The molecule has 1 aromatic carbocycles. The monoisotopic (exact) mass is 261 g/mol. The topological polar surface area (TPSA) is 87.5 Å². The summed E-state index contributed by atoms with van der Waals surface area (Å²) < 4.78 is 4.45. The first-order valence-electron chi connectivity index (χ1n) is 5.57. The lowest BCUT2D eigenvalue weighted by Gasteiger charge is -2.08. The lowest BCUT2D eigenvalue weighted by molar-refractivity contribution is -0.135. The van der Waals surface area contributed by atoms with E-state index in [-0.39, 0.29) is 5.56 Å². The van der Waals surface area contributed by atoms with Gasteiger partial charge in [0.1, 0.15) is 17.0 Å². The molecule has 0 aliphatic heterocycles. The van der Waals surface area contributed by atoms with Crippen molar-refractivity contribution in [2.75, 3.05) is 7.11 Å². The second-order valence-electron chi connectivity index (χ2n) is 4.02. The van der Waals surface area contributed by atoms with Gasteiger partial charge in [0, 0.05) is 5.56 Å². The zero-order valence-corrected chi connectivity index (χ0v) is 11.0. The number of ether oxygens (including phenoxy) is 1. The molecule has 0 aliphatic carbocycles. The Morgan fingerprint density at radius 1 is 1.21 bits per heavy atom. The number of aryl methyl sites for hydroxylation is 1. The van der Waals surface area contributed by atoms with Crippen molar-refractivity contribution in [2.45, 2.75) is 13.8 Å². The summed E-state index contributed by atoms with van der Waals surface area (Å²) in [4.78, 5) is 23.5. The Morgan fingerprint density at radius 2 is 1.74 bits per heavy atom. The number of benzene rings is 1. The van der Waals surface area contributed by atoms with E-state index in [0.29, 0.717) is 0 Å². The number of aliphatic hydroxyl groups excluding tert-OH is 1. The van der Waals surface area contributed by atoms with E-state index >= 15 is 0 Å². The highest BCUT2D eigenvalue weighted by atomic mass is 16.5. The number of carbonyl (C=O) groups is 2. The van der Waals surface area contributed by atoms with Crippen LogP contribution < -0.4 is 0 Å². The van der Waals surface area contributed by atoms with E-state index in [1.807, 2.05) is 6.92 Å². The number of methoxy groups -OCH3 is 1. The van der Waals surface area contributed by atoms with Crippen LogP contribution in [0.5, 0.6) is 0 Å². The summed E-state index contributed by atoms with van der Waals surface area (Å²) in [6, 6.07) is 6.59. The lowest BCUT2D eigenvalue weighted by atomic mass is 9.99. The third-order valence-electron chi connectivity index (χ3n) is 2.54. The molecule has 100 valence electrons. The number of ketones is 1. The van der Waals surface area contributed by atoms with Gasteiger partial charge in [0.15, 0.2) is 0 Å². The molecule has 2 N–H and O–H groups in total. The molecule has 1 aromatic rings. The quantitative estimate of drug-likeness (QED) is 0.286. The molecule has 5 nitrogen and oxygen atoms in total. The second-order valence-corrected chi connectivity index (χ2v) is 4.02. The van der Waals surface area contributed by atoms with Gasteiger partial charge < -0.3 is 9.84 Å². The van der Waals surface area contributed by atoms with Gasteiger partial charge in [-0.2, -0.15) is 0 Å². The highest BCUT2D eigenvalue weighted by Gasteiger charge is 2.25. The van der Waals surface area contributed by atoms with E-state index in [0.717, 1.165) is 12.7 Å². The van der Waals surface area contributed by atoms with Gasteiger partial charge in [0.25, 0.3) is 0 Å². The molecule has 0 aliphatic rings. The fraction of sp³-hybridized carbons (Fsp3) is 0.214. The van der Waals surface area contributed by atoms with Crippen molar-refractivity contribution in [3.63, 3.8) is 0 Å². The van der Waals surface area contributed by atoms with Crippen LogP contribution in [0.25, 0.3) is 0 Å². The van der Waals surface area contributed by atoms with Crippen molar-refractivity contribution >= 4 is 17.5 Å². The summed E-state index contributed by atoms with van der Waals surface area (Å²) in [5.74, 6) is -1.98. The van der Waals surface area contributed by atoms with E-state index in [1.54, 1.807) is 24.3 Å². The van der Waals surface area contributed by atoms with Gasteiger partial charge in [-0.25, -0.2) is 4.79 Å². The van der Waals surface area contributed by atoms with Crippen LogP contribution in [0, 0.1) is 12.3 Å². The van der Waals surface area contributed by atoms with Gasteiger partial charge >= 0.3 is 5.97 Å². The van der Waals surface area contributed by atoms with Crippen LogP contribution >= 0.6 is 0 Å². The van der Waals surface area contributed by atoms with Crippen LogP contribution in [0.1, 0.15) is 22.8 Å². The van der Waals surface area contributed by atoms with Crippen LogP contribution in [0.4, 0.5) is 0 Å². The zero-order valence-electron chi connectivity index (χ0n) is 11.0. The Bertz CT molecular complexity index is 551. The van der Waals surface area contributed by atoms with Gasteiger partial charge in [-0.05, 0) is 13.8 Å². The number of nitrogens with one attached hydrogen (secondary N) is 1. The fourth-order valence-electron chi connectivity index (χ4n) is 1.50. The van der Waals surface area contributed by atoms with Crippen LogP contribution in [-0.2, 0) is 9.53 Å². The lowest BCUT2D eigenvalue weighted by Crippen LogP contribution is -2.23. The molecule has 19 heavy (non-hydrogen) atoms.